The van der Waals surface area contributed by atoms with Gasteiger partial charge >= 0.3 is 5.97 Å². The SMILES string of the molecule is CCOc1cc2c(cc1OCC)[C@@H](CC(=O)O)N(S(=O)(=O)c1cccc(Cl)c1)CC2. The Morgan fingerprint density at radius 2 is 1.83 bits per heavy atom. The van der Waals surface area contributed by atoms with Crippen LogP contribution in [0.5, 0.6) is 11.5 Å². The molecule has 30 heavy (non-hydrogen) atoms. The van der Waals surface area contributed by atoms with Gasteiger partial charge < -0.3 is 14.6 Å². The van der Waals surface area contributed by atoms with Gasteiger partial charge in [-0.1, -0.05) is 17.7 Å². The van der Waals surface area contributed by atoms with Gasteiger partial charge in [-0.2, -0.15) is 4.31 Å². The normalized spacial score (nSPS) is 16.7. The molecule has 1 heterocycles. The Morgan fingerprint density at radius 1 is 1.17 bits per heavy atom. The minimum Gasteiger partial charge on any atom is -0.490 e. The summed E-state index contributed by atoms with van der Waals surface area (Å²) in [5, 5.41) is 9.80. The third kappa shape index (κ3) is 4.55. The molecule has 1 N–H and O–H groups in total. The summed E-state index contributed by atoms with van der Waals surface area (Å²) in [5.41, 5.74) is 1.46. The number of hydrogen-bond donors (Lipinski definition) is 1. The van der Waals surface area contributed by atoms with Crippen LogP contribution in [-0.4, -0.2) is 43.6 Å². The number of carbonyl (C=O) groups is 1. The van der Waals surface area contributed by atoms with E-state index in [1.54, 1.807) is 18.2 Å². The molecule has 9 heteroatoms. The van der Waals surface area contributed by atoms with Crippen molar-refractivity contribution in [1.29, 1.82) is 0 Å². The van der Waals surface area contributed by atoms with Crippen molar-refractivity contribution in [2.75, 3.05) is 19.8 Å². The molecule has 1 atom stereocenters. The molecule has 0 saturated heterocycles. The van der Waals surface area contributed by atoms with Gasteiger partial charge in [0.1, 0.15) is 0 Å². The quantitative estimate of drug-likeness (QED) is 0.651. The number of carboxylic acids is 1. The van der Waals surface area contributed by atoms with Crippen molar-refractivity contribution in [2.24, 2.45) is 0 Å². The Kier molecular flexibility index (Phi) is 6.90. The molecule has 0 spiro atoms. The van der Waals surface area contributed by atoms with E-state index in [4.69, 9.17) is 21.1 Å². The van der Waals surface area contributed by atoms with E-state index >= 15 is 0 Å². The van der Waals surface area contributed by atoms with Crippen LogP contribution in [0.1, 0.15) is 37.4 Å². The molecule has 0 bridgehead atoms. The van der Waals surface area contributed by atoms with Crippen LogP contribution >= 0.6 is 11.6 Å². The first kappa shape index (κ1) is 22.4. The van der Waals surface area contributed by atoms with E-state index < -0.39 is 22.0 Å². The van der Waals surface area contributed by atoms with Crippen LogP contribution in [0, 0.1) is 0 Å². The summed E-state index contributed by atoms with van der Waals surface area (Å²) in [4.78, 5) is 11.7. The lowest BCUT2D eigenvalue weighted by atomic mass is 9.91. The summed E-state index contributed by atoms with van der Waals surface area (Å²) in [6.07, 6.45) is 0.0596. The van der Waals surface area contributed by atoms with Gasteiger partial charge in [-0.25, -0.2) is 8.42 Å². The number of hydrogen-bond acceptors (Lipinski definition) is 5. The van der Waals surface area contributed by atoms with E-state index in [-0.39, 0.29) is 17.9 Å². The van der Waals surface area contributed by atoms with Crippen LogP contribution in [0.25, 0.3) is 0 Å². The van der Waals surface area contributed by atoms with Crippen molar-refractivity contribution in [1.82, 2.24) is 4.31 Å². The molecule has 1 aliphatic heterocycles. The molecule has 7 nitrogen and oxygen atoms in total. The van der Waals surface area contributed by atoms with Gasteiger partial charge in [-0.3, -0.25) is 4.79 Å². The second-order valence-electron chi connectivity index (χ2n) is 6.80. The highest BCUT2D eigenvalue weighted by atomic mass is 35.5. The van der Waals surface area contributed by atoms with Crippen LogP contribution in [-0.2, 0) is 21.2 Å². The Hall–Kier alpha value is -2.29. The van der Waals surface area contributed by atoms with E-state index in [9.17, 15) is 18.3 Å². The summed E-state index contributed by atoms with van der Waals surface area (Å²) in [6, 6.07) is 8.63. The van der Waals surface area contributed by atoms with Gasteiger partial charge in [0, 0.05) is 11.6 Å². The fourth-order valence-electron chi connectivity index (χ4n) is 3.65. The summed E-state index contributed by atoms with van der Waals surface area (Å²) in [7, 11) is -3.95. The van der Waals surface area contributed by atoms with Crippen LogP contribution in [0.3, 0.4) is 0 Å². The molecule has 0 radical (unpaired) electrons. The maximum absolute atomic E-state index is 13.3. The third-order valence-corrected chi connectivity index (χ3v) is 7.02. The van der Waals surface area contributed by atoms with Gasteiger partial charge in [-0.05, 0) is 61.7 Å². The molecule has 0 aliphatic carbocycles. The number of nitrogens with zero attached hydrogens (tertiary/aromatic N) is 1. The Bertz CT molecular complexity index is 1040. The molecule has 0 saturated carbocycles. The molecule has 162 valence electrons. The number of sulfonamides is 1. The monoisotopic (exact) mass is 453 g/mol. The van der Waals surface area contributed by atoms with Gasteiger partial charge in [0.15, 0.2) is 11.5 Å². The smallest absolute Gasteiger partial charge is 0.305 e. The highest BCUT2D eigenvalue weighted by Gasteiger charge is 2.38. The Labute approximate surface area is 181 Å². The molecule has 1 aliphatic rings. The Morgan fingerprint density at radius 3 is 2.43 bits per heavy atom. The maximum atomic E-state index is 13.3. The van der Waals surface area contributed by atoms with Crippen LogP contribution in [0.2, 0.25) is 5.02 Å². The van der Waals surface area contributed by atoms with Gasteiger partial charge in [0.05, 0.1) is 30.6 Å². The first-order valence-corrected chi connectivity index (χ1v) is 11.5. The summed E-state index contributed by atoms with van der Waals surface area (Å²) >= 11 is 5.99. The highest BCUT2D eigenvalue weighted by Crippen LogP contribution is 2.42. The predicted octanol–water partition coefficient (Wildman–Crippen LogP) is 3.90. The maximum Gasteiger partial charge on any atom is 0.305 e. The first-order valence-electron chi connectivity index (χ1n) is 9.69. The molecular weight excluding hydrogens is 430 g/mol. The second kappa shape index (κ2) is 9.24. The number of rotatable bonds is 8. The molecule has 0 unspecified atom stereocenters. The van der Waals surface area contributed by atoms with E-state index in [1.807, 2.05) is 19.9 Å². The largest absolute Gasteiger partial charge is 0.490 e. The third-order valence-electron chi connectivity index (χ3n) is 4.88. The molecule has 3 rings (SSSR count). The zero-order chi connectivity index (χ0) is 21.9. The van der Waals surface area contributed by atoms with Crippen LogP contribution in [0.15, 0.2) is 41.3 Å². The van der Waals surface area contributed by atoms with Crippen LogP contribution in [0.4, 0.5) is 0 Å². The van der Waals surface area contributed by atoms with Crippen molar-refractivity contribution in [3.63, 3.8) is 0 Å². The minimum atomic E-state index is -3.95. The minimum absolute atomic E-state index is 0.0322. The van der Waals surface area contributed by atoms with Gasteiger partial charge in [-0.15, -0.1) is 0 Å². The van der Waals surface area contributed by atoms with E-state index in [0.717, 1.165) is 5.56 Å². The number of ether oxygens (including phenoxy) is 2. The zero-order valence-electron chi connectivity index (χ0n) is 16.8. The van der Waals surface area contributed by atoms with E-state index in [2.05, 4.69) is 0 Å². The van der Waals surface area contributed by atoms with Crippen molar-refractivity contribution >= 4 is 27.6 Å². The zero-order valence-corrected chi connectivity index (χ0v) is 18.4. The van der Waals surface area contributed by atoms with E-state index in [0.29, 0.717) is 41.7 Å². The molecule has 0 aromatic heterocycles. The lowest BCUT2D eigenvalue weighted by Gasteiger charge is -2.36. The number of halogens is 1. The van der Waals surface area contributed by atoms with Crippen molar-refractivity contribution in [3.05, 3.63) is 52.5 Å². The van der Waals surface area contributed by atoms with Gasteiger partial charge in [0.25, 0.3) is 0 Å². The number of benzene rings is 2. The first-order chi connectivity index (χ1) is 14.3. The molecule has 2 aromatic rings. The average molecular weight is 454 g/mol. The van der Waals surface area contributed by atoms with Crippen molar-refractivity contribution < 1.29 is 27.8 Å². The van der Waals surface area contributed by atoms with Crippen molar-refractivity contribution in [3.8, 4) is 11.5 Å². The summed E-state index contributed by atoms with van der Waals surface area (Å²) in [6.45, 7) is 4.69. The standard InChI is InChI=1S/C21H24ClNO6S/c1-3-28-19-10-14-8-9-23(30(26,27)16-7-5-6-15(22)11-16)18(13-21(24)25)17(14)12-20(19)29-4-2/h5-7,10-12,18H,3-4,8-9,13H2,1-2H3,(H,24,25)/t18-/m1/s1. The average Bonchev–Trinajstić information content (AvgIpc) is 2.68. The van der Waals surface area contributed by atoms with Crippen LogP contribution < -0.4 is 9.47 Å². The lowest BCUT2D eigenvalue weighted by Crippen LogP contribution is -2.41. The Balaban J connectivity index is 2.11. The predicted molar refractivity (Wildman–Crippen MR) is 113 cm³/mol. The number of aliphatic carboxylic acids is 1. The fraction of sp³-hybridized carbons (Fsp3) is 0.381. The molecular formula is C21H24ClNO6S. The highest BCUT2D eigenvalue weighted by molar-refractivity contribution is 7.89. The topological polar surface area (TPSA) is 93.1 Å². The summed E-state index contributed by atoms with van der Waals surface area (Å²) < 4.78 is 39.3. The fourth-order valence-corrected chi connectivity index (χ4v) is 5.56. The molecule has 0 fully saturated rings. The van der Waals surface area contributed by atoms with E-state index in [1.165, 1.54) is 16.4 Å². The molecule has 0 amide bonds. The molecule has 2 aromatic carbocycles. The summed E-state index contributed by atoms with van der Waals surface area (Å²) in [5.74, 6) is -0.0557. The number of carboxylic acid groups (broad SMARTS) is 1. The van der Waals surface area contributed by atoms with Gasteiger partial charge in [0.2, 0.25) is 10.0 Å². The van der Waals surface area contributed by atoms with Crippen molar-refractivity contribution in [2.45, 2.75) is 37.6 Å². The second-order valence-corrected chi connectivity index (χ2v) is 9.13. The lowest BCUT2D eigenvalue weighted by molar-refractivity contribution is -0.138. The number of fused-ring (bicyclic) bond motifs is 1.